The summed E-state index contributed by atoms with van der Waals surface area (Å²) in [5.41, 5.74) is 1.81. The number of carboxylic acids is 1. The van der Waals surface area contributed by atoms with Crippen molar-refractivity contribution in [2.75, 3.05) is 0 Å². The number of hydrogen-bond acceptors (Lipinski definition) is 2. The summed E-state index contributed by atoms with van der Waals surface area (Å²) in [5.74, 6) is -1.02. The molecule has 0 radical (unpaired) electrons. The maximum Gasteiger partial charge on any atom is 0.306 e. The van der Waals surface area contributed by atoms with Crippen LogP contribution >= 0.6 is 0 Å². The quantitative estimate of drug-likeness (QED) is 0.831. The van der Waals surface area contributed by atoms with Gasteiger partial charge in [-0.15, -0.1) is 0 Å². The average molecular weight is 246 g/mol. The van der Waals surface area contributed by atoms with Gasteiger partial charge < -0.3 is 5.11 Å². The molecule has 0 heterocycles. The predicted molar refractivity (Wildman–Crippen MR) is 68.6 cm³/mol. The molecule has 0 aromatic heterocycles. The van der Waals surface area contributed by atoms with Crippen LogP contribution in [0.1, 0.15) is 41.6 Å². The highest BCUT2D eigenvalue weighted by atomic mass is 16.4. The van der Waals surface area contributed by atoms with E-state index in [0.717, 1.165) is 18.4 Å². The van der Waals surface area contributed by atoms with Crippen LogP contribution in [0.15, 0.2) is 24.3 Å². The lowest BCUT2D eigenvalue weighted by atomic mass is 9.89. The fourth-order valence-electron chi connectivity index (χ4n) is 2.70. The fraction of sp³-hybridized carbons (Fsp3) is 0.467. The van der Waals surface area contributed by atoms with Crippen LogP contribution in [0.25, 0.3) is 0 Å². The minimum Gasteiger partial charge on any atom is -0.481 e. The number of benzene rings is 1. The van der Waals surface area contributed by atoms with Crippen LogP contribution < -0.4 is 0 Å². The first-order chi connectivity index (χ1) is 8.58. The lowest BCUT2D eigenvalue weighted by Crippen LogP contribution is -2.20. The number of hydrogen-bond donors (Lipinski definition) is 1. The Morgan fingerprint density at radius 2 is 1.89 bits per heavy atom. The van der Waals surface area contributed by atoms with Gasteiger partial charge in [-0.3, -0.25) is 9.59 Å². The van der Waals surface area contributed by atoms with E-state index in [-0.39, 0.29) is 17.6 Å². The van der Waals surface area contributed by atoms with Crippen molar-refractivity contribution < 1.29 is 14.7 Å². The third-order valence-electron chi connectivity index (χ3n) is 3.80. The van der Waals surface area contributed by atoms with Crippen LogP contribution in [0.3, 0.4) is 0 Å². The molecule has 1 N–H and O–H groups in total. The fourth-order valence-corrected chi connectivity index (χ4v) is 2.70. The largest absolute Gasteiger partial charge is 0.481 e. The standard InChI is InChI=1S/C15H18O3/c1-10-5-7-11(8-6-10)14(16)9-12-3-2-4-13(12)15(17)18/h5-8,12-13H,2-4,9H2,1H3,(H,17,18)/t12-,13+/m0/s1. The molecule has 96 valence electrons. The molecule has 2 rings (SSSR count). The Labute approximate surface area is 107 Å². The summed E-state index contributed by atoms with van der Waals surface area (Å²) >= 11 is 0. The third kappa shape index (κ3) is 2.78. The Morgan fingerprint density at radius 1 is 1.22 bits per heavy atom. The topological polar surface area (TPSA) is 54.4 Å². The maximum atomic E-state index is 12.1. The van der Waals surface area contributed by atoms with E-state index in [1.165, 1.54) is 0 Å². The molecule has 0 saturated heterocycles. The molecule has 1 aliphatic carbocycles. The first kappa shape index (κ1) is 12.8. The minimum atomic E-state index is -0.755. The van der Waals surface area contributed by atoms with Gasteiger partial charge >= 0.3 is 5.97 Å². The van der Waals surface area contributed by atoms with Crippen LogP contribution in [0, 0.1) is 18.8 Å². The highest BCUT2D eigenvalue weighted by Gasteiger charge is 2.34. The van der Waals surface area contributed by atoms with E-state index in [9.17, 15) is 9.59 Å². The van der Waals surface area contributed by atoms with Gasteiger partial charge in [-0.25, -0.2) is 0 Å². The Bertz CT molecular complexity index is 447. The first-order valence-electron chi connectivity index (χ1n) is 6.40. The van der Waals surface area contributed by atoms with Gasteiger partial charge in [0.1, 0.15) is 0 Å². The van der Waals surface area contributed by atoms with E-state index in [0.29, 0.717) is 18.4 Å². The number of Topliss-reactive ketones (excluding diaryl/α,β-unsaturated/α-hetero) is 1. The molecule has 0 bridgehead atoms. The van der Waals surface area contributed by atoms with Crippen molar-refractivity contribution in [2.24, 2.45) is 11.8 Å². The van der Waals surface area contributed by atoms with E-state index < -0.39 is 5.97 Å². The molecular weight excluding hydrogens is 228 g/mol. The summed E-state index contributed by atoms with van der Waals surface area (Å²) in [5, 5.41) is 9.09. The van der Waals surface area contributed by atoms with Gasteiger partial charge in [0.05, 0.1) is 5.92 Å². The molecular formula is C15H18O3. The third-order valence-corrected chi connectivity index (χ3v) is 3.80. The van der Waals surface area contributed by atoms with Gasteiger partial charge in [-0.1, -0.05) is 36.2 Å². The van der Waals surface area contributed by atoms with Gasteiger partial charge in [0, 0.05) is 12.0 Å². The minimum absolute atomic E-state index is 0.0105. The number of ketones is 1. The molecule has 1 aromatic carbocycles. The summed E-state index contributed by atoms with van der Waals surface area (Å²) in [6, 6.07) is 7.47. The second-order valence-corrected chi connectivity index (χ2v) is 5.13. The van der Waals surface area contributed by atoms with Gasteiger partial charge in [-0.05, 0) is 25.7 Å². The van der Waals surface area contributed by atoms with E-state index >= 15 is 0 Å². The Morgan fingerprint density at radius 3 is 2.50 bits per heavy atom. The zero-order chi connectivity index (χ0) is 13.1. The van der Waals surface area contributed by atoms with E-state index in [1.807, 2.05) is 31.2 Å². The zero-order valence-electron chi connectivity index (χ0n) is 10.6. The van der Waals surface area contributed by atoms with Gasteiger partial charge in [-0.2, -0.15) is 0 Å². The molecule has 0 aliphatic heterocycles. The van der Waals surface area contributed by atoms with Crippen LogP contribution in [0.2, 0.25) is 0 Å². The van der Waals surface area contributed by atoms with E-state index in [1.54, 1.807) is 0 Å². The van der Waals surface area contributed by atoms with Crippen LogP contribution in [0.4, 0.5) is 0 Å². The number of carbonyl (C=O) groups excluding carboxylic acids is 1. The van der Waals surface area contributed by atoms with E-state index in [2.05, 4.69) is 0 Å². The highest BCUT2D eigenvalue weighted by molar-refractivity contribution is 5.96. The second-order valence-electron chi connectivity index (χ2n) is 5.13. The summed E-state index contributed by atoms with van der Waals surface area (Å²) in [7, 11) is 0. The zero-order valence-corrected chi connectivity index (χ0v) is 10.6. The molecule has 2 atom stereocenters. The van der Waals surface area contributed by atoms with Crippen molar-refractivity contribution in [1.82, 2.24) is 0 Å². The number of rotatable bonds is 4. The summed E-state index contributed by atoms with van der Waals surface area (Å²) in [6.45, 7) is 1.98. The number of carboxylic acid groups (broad SMARTS) is 1. The van der Waals surface area contributed by atoms with Crippen molar-refractivity contribution in [3.05, 3.63) is 35.4 Å². The molecule has 0 spiro atoms. The number of aryl methyl sites for hydroxylation is 1. The first-order valence-corrected chi connectivity index (χ1v) is 6.40. The predicted octanol–water partition coefficient (Wildman–Crippen LogP) is 3.07. The Hall–Kier alpha value is -1.64. The van der Waals surface area contributed by atoms with Crippen molar-refractivity contribution in [3.8, 4) is 0 Å². The van der Waals surface area contributed by atoms with Crippen molar-refractivity contribution in [1.29, 1.82) is 0 Å². The summed E-state index contributed by atoms with van der Waals surface area (Å²) in [6.07, 6.45) is 2.85. The maximum absolute atomic E-state index is 12.1. The molecule has 3 nitrogen and oxygen atoms in total. The second kappa shape index (κ2) is 5.34. The summed E-state index contributed by atoms with van der Waals surface area (Å²) in [4.78, 5) is 23.2. The Kier molecular flexibility index (Phi) is 3.80. The Balaban J connectivity index is 2.03. The van der Waals surface area contributed by atoms with E-state index in [4.69, 9.17) is 5.11 Å². The van der Waals surface area contributed by atoms with Crippen LogP contribution in [0.5, 0.6) is 0 Å². The highest BCUT2D eigenvalue weighted by Crippen LogP contribution is 2.35. The summed E-state index contributed by atoms with van der Waals surface area (Å²) < 4.78 is 0. The average Bonchev–Trinajstić information content (AvgIpc) is 2.78. The van der Waals surface area contributed by atoms with Crippen LogP contribution in [-0.4, -0.2) is 16.9 Å². The SMILES string of the molecule is Cc1ccc(C(=O)C[C@@H]2CCC[C@H]2C(=O)O)cc1. The molecule has 1 aromatic rings. The van der Waals surface area contributed by atoms with Crippen LogP contribution in [-0.2, 0) is 4.79 Å². The molecule has 1 aliphatic rings. The van der Waals surface area contributed by atoms with Crippen molar-refractivity contribution in [3.63, 3.8) is 0 Å². The lowest BCUT2D eigenvalue weighted by Gasteiger charge is -2.14. The molecule has 0 amide bonds. The monoisotopic (exact) mass is 246 g/mol. The lowest BCUT2D eigenvalue weighted by molar-refractivity contribution is -0.142. The molecule has 1 saturated carbocycles. The number of carbonyl (C=O) groups is 2. The smallest absolute Gasteiger partial charge is 0.306 e. The molecule has 18 heavy (non-hydrogen) atoms. The molecule has 0 unspecified atom stereocenters. The van der Waals surface area contributed by atoms with Gasteiger partial charge in [0.2, 0.25) is 0 Å². The molecule has 3 heteroatoms. The molecule has 1 fully saturated rings. The normalized spacial score (nSPS) is 22.9. The number of aliphatic carboxylic acids is 1. The van der Waals surface area contributed by atoms with Crippen molar-refractivity contribution >= 4 is 11.8 Å². The van der Waals surface area contributed by atoms with Gasteiger partial charge in [0.25, 0.3) is 0 Å². The van der Waals surface area contributed by atoms with Crippen molar-refractivity contribution in [2.45, 2.75) is 32.6 Å². The van der Waals surface area contributed by atoms with Gasteiger partial charge in [0.15, 0.2) is 5.78 Å².